The zero-order valence-corrected chi connectivity index (χ0v) is 18.0. The van der Waals surface area contributed by atoms with Gasteiger partial charge in [-0.1, -0.05) is 59.8 Å². The van der Waals surface area contributed by atoms with Crippen molar-refractivity contribution in [3.05, 3.63) is 81.1 Å². The van der Waals surface area contributed by atoms with Crippen molar-refractivity contribution in [3.63, 3.8) is 0 Å². The molecular weight excluding hydrogens is 469 g/mol. The fraction of sp³-hybridized carbons (Fsp3) is 0.150. The van der Waals surface area contributed by atoms with E-state index in [4.69, 9.17) is 11.6 Å². The predicted octanol–water partition coefficient (Wildman–Crippen LogP) is 5.46. The molecule has 3 aromatic heterocycles. The zero-order valence-electron chi connectivity index (χ0n) is 15.6. The first-order chi connectivity index (χ1) is 14.8. The first-order valence-electron chi connectivity index (χ1n) is 8.95. The van der Waals surface area contributed by atoms with Gasteiger partial charge in [-0.05, 0) is 23.1 Å². The third kappa shape index (κ3) is 4.86. The van der Waals surface area contributed by atoms with Crippen LogP contribution in [-0.2, 0) is 11.0 Å². The molecule has 5 nitrogen and oxygen atoms in total. The minimum atomic E-state index is -4.56. The maximum Gasteiger partial charge on any atom is 0.417 e. The molecule has 0 fully saturated rings. The average molecular weight is 483 g/mol. The Bertz CT molecular complexity index is 1200. The van der Waals surface area contributed by atoms with Crippen LogP contribution in [0.15, 0.2) is 65.3 Å². The Kier molecular flexibility index (Phi) is 6.22. The van der Waals surface area contributed by atoms with Crippen molar-refractivity contribution in [2.45, 2.75) is 17.4 Å². The molecule has 3 heterocycles. The first-order valence-corrected chi connectivity index (χ1v) is 11.2. The number of amides is 1. The van der Waals surface area contributed by atoms with E-state index in [0.717, 1.165) is 38.9 Å². The monoisotopic (exact) mass is 482 g/mol. The summed E-state index contributed by atoms with van der Waals surface area (Å²) in [7, 11) is 0. The number of rotatable bonds is 6. The molecule has 4 aromatic rings. The van der Waals surface area contributed by atoms with Crippen molar-refractivity contribution < 1.29 is 18.0 Å². The van der Waals surface area contributed by atoms with Crippen LogP contribution in [0.2, 0.25) is 5.02 Å². The molecule has 0 radical (unpaired) electrons. The van der Waals surface area contributed by atoms with Crippen molar-refractivity contribution in [1.29, 1.82) is 0 Å². The number of hydrogen-bond acceptors (Lipinski definition) is 5. The summed E-state index contributed by atoms with van der Waals surface area (Å²) in [5.41, 5.74) is 0.106. The minimum absolute atomic E-state index is 0.0522. The van der Waals surface area contributed by atoms with Crippen molar-refractivity contribution >= 4 is 46.3 Å². The highest BCUT2D eigenvalue weighted by Crippen LogP contribution is 2.33. The fourth-order valence-corrected chi connectivity index (χ4v) is 4.71. The maximum atomic E-state index is 13.1. The lowest BCUT2D eigenvalue weighted by molar-refractivity contribution is -0.137. The van der Waals surface area contributed by atoms with Gasteiger partial charge in [-0.3, -0.25) is 9.20 Å². The molecule has 31 heavy (non-hydrogen) atoms. The molecule has 0 bridgehead atoms. The van der Waals surface area contributed by atoms with Crippen LogP contribution in [0.1, 0.15) is 22.0 Å². The molecule has 1 N–H and O–H groups in total. The van der Waals surface area contributed by atoms with E-state index in [9.17, 15) is 18.0 Å². The van der Waals surface area contributed by atoms with Gasteiger partial charge in [0, 0.05) is 11.1 Å². The van der Waals surface area contributed by atoms with Crippen LogP contribution >= 0.6 is 34.7 Å². The fourth-order valence-electron chi connectivity index (χ4n) is 2.94. The number of carbonyl (C=O) groups is 1. The van der Waals surface area contributed by atoms with Gasteiger partial charge in [0.25, 0.3) is 0 Å². The maximum absolute atomic E-state index is 13.1. The van der Waals surface area contributed by atoms with E-state index in [1.807, 2.05) is 47.8 Å². The van der Waals surface area contributed by atoms with Gasteiger partial charge in [0.15, 0.2) is 10.8 Å². The summed E-state index contributed by atoms with van der Waals surface area (Å²) in [5, 5.41) is 12.6. The lowest BCUT2D eigenvalue weighted by Crippen LogP contribution is -2.30. The molecule has 0 aliphatic rings. The molecule has 0 aliphatic heterocycles. The highest BCUT2D eigenvalue weighted by molar-refractivity contribution is 7.99. The summed E-state index contributed by atoms with van der Waals surface area (Å²) in [4.78, 5) is 13.6. The van der Waals surface area contributed by atoms with E-state index < -0.39 is 11.7 Å². The lowest BCUT2D eigenvalue weighted by atomic mass is 10.1. The summed E-state index contributed by atoms with van der Waals surface area (Å²) >= 11 is 8.43. The second-order valence-electron chi connectivity index (χ2n) is 6.47. The number of hydrogen-bond donors (Lipinski definition) is 1. The van der Waals surface area contributed by atoms with Crippen LogP contribution in [0.4, 0.5) is 13.2 Å². The van der Waals surface area contributed by atoms with Gasteiger partial charge >= 0.3 is 6.18 Å². The number of carbonyl (C=O) groups excluding carboxylic acids is 1. The zero-order chi connectivity index (χ0) is 22.0. The summed E-state index contributed by atoms with van der Waals surface area (Å²) in [6.07, 6.45) is -3.69. The Balaban J connectivity index is 1.52. The quantitative estimate of drug-likeness (QED) is 0.371. The largest absolute Gasteiger partial charge is 0.417 e. The normalized spacial score (nSPS) is 12.8. The lowest BCUT2D eigenvalue weighted by Gasteiger charge is -2.18. The topological polar surface area (TPSA) is 59.3 Å². The number of benzene rings is 1. The van der Waals surface area contributed by atoms with Crippen LogP contribution in [0.3, 0.4) is 0 Å². The number of alkyl halides is 3. The van der Waals surface area contributed by atoms with Crippen LogP contribution < -0.4 is 5.32 Å². The van der Waals surface area contributed by atoms with E-state index in [1.165, 1.54) is 11.3 Å². The number of halogens is 4. The van der Waals surface area contributed by atoms with Crippen LogP contribution in [-0.4, -0.2) is 26.3 Å². The molecule has 160 valence electrons. The van der Waals surface area contributed by atoms with Crippen molar-refractivity contribution in [2.24, 2.45) is 0 Å². The number of fused-ring (bicyclic) bond motifs is 1. The smallest absolute Gasteiger partial charge is 0.344 e. The Morgan fingerprint density at radius 2 is 1.97 bits per heavy atom. The first kappa shape index (κ1) is 21.7. The van der Waals surface area contributed by atoms with E-state index in [1.54, 1.807) is 0 Å². The van der Waals surface area contributed by atoms with Gasteiger partial charge in [0.1, 0.15) is 0 Å². The number of pyridine rings is 1. The molecule has 0 saturated heterocycles. The Labute approximate surface area is 188 Å². The molecule has 1 aromatic carbocycles. The molecule has 0 saturated carbocycles. The number of aromatic nitrogens is 3. The van der Waals surface area contributed by atoms with Crippen molar-refractivity contribution in [3.8, 4) is 0 Å². The standard InChI is InChI=1S/C20H14ClF3N4OS2/c21-14-9-13(20(22,23)24)10-28-18(14)26-27-19(28)31-11-16(29)25-17(15-7-4-8-30-15)12-5-2-1-3-6-12/h1-10,17H,11H2,(H,25,29)/t17-/m1/s1. The highest BCUT2D eigenvalue weighted by atomic mass is 35.5. The summed E-state index contributed by atoms with van der Waals surface area (Å²) in [6.45, 7) is 0. The molecule has 11 heteroatoms. The Morgan fingerprint density at radius 1 is 1.19 bits per heavy atom. The molecule has 1 amide bonds. The Morgan fingerprint density at radius 3 is 2.65 bits per heavy atom. The third-order valence-electron chi connectivity index (χ3n) is 4.35. The third-order valence-corrected chi connectivity index (χ3v) is 6.51. The summed E-state index contributed by atoms with van der Waals surface area (Å²) < 4.78 is 40.5. The van der Waals surface area contributed by atoms with E-state index in [2.05, 4.69) is 15.5 Å². The van der Waals surface area contributed by atoms with E-state index >= 15 is 0 Å². The van der Waals surface area contributed by atoms with Crippen molar-refractivity contribution in [2.75, 3.05) is 5.75 Å². The number of thioether (sulfide) groups is 1. The van der Waals surface area contributed by atoms with Crippen LogP contribution in [0.5, 0.6) is 0 Å². The second-order valence-corrected chi connectivity index (χ2v) is 8.79. The van der Waals surface area contributed by atoms with Gasteiger partial charge in [-0.15, -0.1) is 21.5 Å². The molecule has 1 atom stereocenters. The minimum Gasteiger partial charge on any atom is -0.344 e. The SMILES string of the molecule is O=C(CSc1nnc2c(Cl)cc(C(F)(F)F)cn12)N[C@H](c1ccccc1)c1cccs1. The van der Waals surface area contributed by atoms with Gasteiger partial charge in [-0.25, -0.2) is 0 Å². The second kappa shape index (κ2) is 8.89. The van der Waals surface area contributed by atoms with Gasteiger partial charge in [0.2, 0.25) is 5.91 Å². The number of nitrogens with one attached hydrogen (secondary N) is 1. The van der Waals surface area contributed by atoms with Gasteiger partial charge < -0.3 is 5.32 Å². The highest BCUT2D eigenvalue weighted by Gasteiger charge is 2.32. The molecule has 4 rings (SSSR count). The van der Waals surface area contributed by atoms with E-state index in [-0.39, 0.29) is 33.5 Å². The summed E-state index contributed by atoms with van der Waals surface area (Å²) in [5.74, 6) is -0.342. The molecule has 0 aliphatic carbocycles. The molecule has 0 spiro atoms. The Hall–Kier alpha value is -2.56. The predicted molar refractivity (Wildman–Crippen MR) is 114 cm³/mol. The van der Waals surface area contributed by atoms with E-state index in [0.29, 0.717) is 0 Å². The average Bonchev–Trinajstić information content (AvgIpc) is 3.41. The summed E-state index contributed by atoms with van der Waals surface area (Å²) in [6, 6.07) is 13.8. The van der Waals surface area contributed by atoms with Crippen molar-refractivity contribution in [1.82, 2.24) is 19.9 Å². The number of nitrogens with zero attached hydrogens (tertiary/aromatic N) is 3. The molecular formula is C20H14ClF3N4OS2. The molecule has 0 unspecified atom stereocenters. The van der Waals surface area contributed by atoms with Gasteiger partial charge in [-0.2, -0.15) is 13.2 Å². The van der Waals surface area contributed by atoms with Crippen LogP contribution in [0.25, 0.3) is 5.65 Å². The van der Waals surface area contributed by atoms with Gasteiger partial charge in [0.05, 0.1) is 22.4 Å². The van der Waals surface area contributed by atoms with Crippen LogP contribution in [0, 0.1) is 0 Å². The number of thiophene rings is 1.